The molecule has 0 heterocycles. The van der Waals surface area contributed by atoms with Crippen molar-refractivity contribution in [3.63, 3.8) is 0 Å². The van der Waals surface area contributed by atoms with Crippen LogP contribution in [0.1, 0.15) is 5.56 Å². The normalized spacial score (nSPS) is 13.0. The van der Waals surface area contributed by atoms with Crippen LogP contribution in [0.15, 0.2) is 53.2 Å². The maximum Gasteiger partial charge on any atom is 0.336 e. The number of allylic oxidation sites excluding steroid dienone is 2. The molecule has 1 rings (SSSR count). The van der Waals surface area contributed by atoms with Crippen LogP contribution >= 0.6 is 0 Å². The zero-order valence-corrected chi connectivity index (χ0v) is 9.50. The van der Waals surface area contributed by atoms with E-state index in [2.05, 4.69) is 4.99 Å². The highest BCUT2D eigenvalue weighted by Crippen LogP contribution is 2.16. The fourth-order valence-electron chi connectivity index (χ4n) is 1.33. The minimum absolute atomic E-state index is 0.183. The van der Waals surface area contributed by atoms with Crippen LogP contribution in [0.4, 0.5) is 0 Å². The molecule has 17 heavy (non-hydrogen) atoms. The molecular formula is C13H14N2O2. The van der Waals surface area contributed by atoms with Crippen LogP contribution in [0, 0.1) is 0 Å². The van der Waals surface area contributed by atoms with Gasteiger partial charge in [-0.2, -0.15) is 0 Å². The van der Waals surface area contributed by atoms with Crippen molar-refractivity contribution in [3.05, 3.63) is 53.7 Å². The number of benzene rings is 1. The second-order valence-electron chi connectivity index (χ2n) is 3.28. The highest BCUT2D eigenvalue weighted by Gasteiger charge is 2.09. The van der Waals surface area contributed by atoms with Gasteiger partial charge in [-0.1, -0.05) is 30.3 Å². The van der Waals surface area contributed by atoms with Gasteiger partial charge in [0.15, 0.2) is 0 Å². The average molecular weight is 230 g/mol. The fourth-order valence-corrected chi connectivity index (χ4v) is 1.33. The standard InChI is InChI=1S/C13H14N2O2/c1-15-9-10(8-14)7-12(13(16)17)11-5-3-2-4-6-11/h2-9H,14H2,1H3,(H,16,17)/b10-8?,12-7+,15-9?. The van der Waals surface area contributed by atoms with Crippen LogP contribution in [0.25, 0.3) is 5.57 Å². The molecule has 0 aliphatic rings. The first-order chi connectivity index (χ1) is 8.19. The van der Waals surface area contributed by atoms with Crippen molar-refractivity contribution in [2.45, 2.75) is 0 Å². The van der Waals surface area contributed by atoms with Crippen LogP contribution in [-0.2, 0) is 4.79 Å². The third kappa shape index (κ3) is 3.61. The number of aliphatic carboxylic acids is 1. The minimum atomic E-state index is -1.000. The lowest BCUT2D eigenvalue weighted by atomic mass is 10.0. The highest BCUT2D eigenvalue weighted by molar-refractivity contribution is 6.16. The molecule has 0 saturated carbocycles. The Balaban J connectivity index is 3.19. The van der Waals surface area contributed by atoms with E-state index in [1.54, 1.807) is 31.3 Å². The third-order valence-corrected chi connectivity index (χ3v) is 2.10. The number of rotatable bonds is 4. The quantitative estimate of drug-likeness (QED) is 0.469. The molecular weight excluding hydrogens is 216 g/mol. The minimum Gasteiger partial charge on any atom is -0.478 e. The molecule has 0 fully saturated rings. The summed E-state index contributed by atoms with van der Waals surface area (Å²) >= 11 is 0. The second-order valence-corrected chi connectivity index (χ2v) is 3.28. The summed E-state index contributed by atoms with van der Waals surface area (Å²) in [5.41, 5.74) is 6.76. The summed E-state index contributed by atoms with van der Waals surface area (Å²) in [7, 11) is 1.60. The van der Waals surface area contributed by atoms with E-state index in [9.17, 15) is 4.79 Å². The van der Waals surface area contributed by atoms with E-state index in [1.807, 2.05) is 6.07 Å². The van der Waals surface area contributed by atoms with Gasteiger partial charge in [-0.05, 0) is 11.6 Å². The lowest BCUT2D eigenvalue weighted by Crippen LogP contribution is -2.01. The van der Waals surface area contributed by atoms with Crippen LogP contribution in [-0.4, -0.2) is 24.3 Å². The third-order valence-electron chi connectivity index (χ3n) is 2.10. The Morgan fingerprint density at radius 2 is 2.00 bits per heavy atom. The monoisotopic (exact) mass is 230 g/mol. The van der Waals surface area contributed by atoms with Crippen molar-refractivity contribution in [2.24, 2.45) is 10.7 Å². The first kappa shape index (κ1) is 12.7. The summed E-state index contributed by atoms with van der Waals surface area (Å²) in [6, 6.07) is 8.86. The van der Waals surface area contributed by atoms with E-state index in [-0.39, 0.29) is 5.57 Å². The maximum atomic E-state index is 11.2. The lowest BCUT2D eigenvalue weighted by molar-refractivity contribution is -0.130. The Hall–Kier alpha value is -2.36. The summed E-state index contributed by atoms with van der Waals surface area (Å²) in [5.74, 6) is -1.000. The van der Waals surface area contributed by atoms with Gasteiger partial charge in [0, 0.05) is 25.0 Å². The van der Waals surface area contributed by atoms with Crippen LogP contribution < -0.4 is 5.73 Å². The fraction of sp³-hybridized carbons (Fsp3) is 0.0769. The molecule has 1 aromatic rings. The summed E-state index contributed by atoms with van der Waals surface area (Å²) < 4.78 is 0. The number of carboxylic acids is 1. The number of carbonyl (C=O) groups is 1. The highest BCUT2D eigenvalue weighted by atomic mass is 16.4. The van der Waals surface area contributed by atoms with Gasteiger partial charge in [-0.3, -0.25) is 4.99 Å². The number of nitrogens with zero attached hydrogens (tertiary/aromatic N) is 1. The van der Waals surface area contributed by atoms with Crippen LogP contribution in [0.5, 0.6) is 0 Å². The summed E-state index contributed by atoms with van der Waals surface area (Å²) in [6.45, 7) is 0. The molecule has 0 bridgehead atoms. The van der Waals surface area contributed by atoms with Crippen LogP contribution in [0.3, 0.4) is 0 Å². The van der Waals surface area contributed by atoms with Crippen molar-refractivity contribution >= 4 is 17.8 Å². The molecule has 3 N–H and O–H groups in total. The summed E-state index contributed by atoms with van der Waals surface area (Å²) in [6.07, 6.45) is 4.31. The molecule has 4 heteroatoms. The van der Waals surface area contributed by atoms with Gasteiger partial charge in [0.1, 0.15) is 0 Å². The zero-order valence-electron chi connectivity index (χ0n) is 9.50. The summed E-state index contributed by atoms with van der Waals surface area (Å²) in [5, 5.41) is 9.16. The molecule has 0 radical (unpaired) electrons. The lowest BCUT2D eigenvalue weighted by Gasteiger charge is -2.02. The van der Waals surface area contributed by atoms with Gasteiger partial charge in [-0.25, -0.2) is 4.79 Å². The molecule has 0 unspecified atom stereocenters. The number of aliphatic imine (C=N–C) groups is 1. The van der Waals surface area contributed by atoms with Gasteiger partial charge < -0.3 is 10.8 Å². The molecule has 0 aliphatic carbocycles. The van der Waals surface area contributed by atoms with E-state index in [0.717, 1.165) is 0 Å². The summed E-state index contributed by atoms with van der Waals surface area (Å²) in [4.78, 5) is 15.0. The maximum absolute atomic E-state index is 11.2. The number of hydrogen-bond donors (Lipinski definition) is 2. The average Bonchev–Trinajstić information content (AvgIpc) is 2.35. The van der Waals surface area contributed by atoms with E-state index in [0.29, 0.717) is 11.1 Å². The van der Waals surface area contributed by atoms with E-state index in [1.165, 1.54) is 18.5 Å². The van der Waals surface area contributed by atoms with Crippen molar-refractivity contribution in [1.82, 2.24) is 0 Å². The molecule has 1 aromatic carbocycles. The van der Waals surface area contributed by atoms with Crippen molar-refractivity contribution in [2.75, 3.05) is 7.05 Å². The Morgan fingerprint density at radius 3 is 2.47 bits per heavy atom. The number of nitrogens with two attached hydrogens (primary N) is 1. The Morgan fingerprint density at radius 1 is 1.35 bits per heavy atom. The number of hydrogen-bond acceptors (Lipinski definition) is 3. The molecule has 0 saturated heterocycles. The SMILES string of the molecule is CN=CC(=CN)/C=C(/C(=O)O)c1ccccc1. The Kier molecular flexibility index (Phi) is 4.69. The molecule has 88 valence electrons. The first-order valence-corrected chi connectivity index (χ1v) is 5.03. The predicted molar refractivity (Wildman–Crippen MR) is 68.7 cm³/mol. The predicted octanol–water partition coefficient (Wildman–Crippen LogP) is 1.70. The van der Waals surface area contributed by atoms with Crippen molar-refractivity contribution < 1.29 is 9.90 Å². The van der Waals surface area contributed by atoms with Gasteiger partial charge in [0.25, 0.3) is 0 Å². The molecule has 0 aromatic heterocycles. The van der Waals surface area contributed by atoms with Gasteiger partial charge in [-0.15, -0.1) is 0 Å². The molecule has 4 nitrogen and oxygen atoms in total. The molecule has 0 spiro atoms. The number of carboxylic acid groups (broad SMARTS) is 1. The van der Waals surface area contributed by atoms with Gasteiger partial charge in [0.2, 0.25) is 0 Å². The topological polar surface area (TPSA) is 75.7 Å². The van der Waals surface area contributed by atoms with E-state index < -0.39 is 5.97 Å². The van der Waals surface area contributed by atoms with Crippen molar-refractivity contribution in [3.8, 4) is 0 Å². The molecule has 0 atom stereocenters. The van der Waals surface area contributed by atoms with Crippen LogP contribution in [0.2, 0.25) is 0 Å². The van der Waals surface area contributed by atoms with Gasteiger partial charge in [0.05, 0.1) is 5.57 Å². The second kappa shape index (κ2) is 6.27. The van der Waals surface area contributed by atoms with Crippen molar-refractivity contribution in [1.29, 1.82) is 0 Å². The Bertz CT molecular complexity index is 473. The smallest absolute Gasteiger partial charge is 0.336 e. The van der Waals surface area contributed by atoms with E-state index in [4.69, 9.17) is 10.8 Å². The molecule has 0 aliphatic heterocycles. The Labute approximate surface area is 99.8 Å². The largest absolute Gasteiger partial charge is 0.478 e. The molecule has 0 amide bonds. The zero-order chi connectivity index (χ0) is 12.7. The van der Waals surface area contributed by atoms with E-state index >= 15 is 0 Å². The van der Waals surface area contributed by atoms with Gasteiger partial charge >= 0.3 is 5.97 Å². The first-order valence-electron chi connectivity index (χ1n) is 5.03.